The predicted octanol–water partition coefficient (Wildman–Crippen LogP) is 20.5. The molecule has 6 heteroatoms. The van der Waals surface area contributed by atoms with Crippen molar-refractivity contribution in [2.45, 2.75) is 290 Å². The minimum absolute atomic E-state index is 0.0937. The summed E-state index contributed by atoms with van der Waals surface area (Å²) < 4.78 is 16.8. The van der Waals surface area contributed by atoms with Crippen molar-refractivity contribution in [3.05, 3.63) is 97.2 Å². The Morgan fingerprint density at radius 1 is 0.292 bits per heavy atom. The topological polar surface area (TPSA) is 78.9 Å². The summed E-state index contributed by atoms with van der Waals surface area (Å²) in [7, 11) is 0. The van der Waals surface area contributed by atoms with Crippen molar-refractivity contribution in [2.24, 2.45) is 0 Å². The van der Waals surface area contributed by atoms with Crippen molar-refractivity contribution in [3.63, 3.8) is 0 Å². The zero-order valence-corrected chi connectivity index (χ0v) is 47.2. The summed E-state index contributed by atoms with van der Waals surface area (Å²) in [5.41, 5.74) is 0. The molecule has 0 N–H and O–H groups in total. The van der Waals surface area contributed by atoms with Crippen LogP contribution in [-0.2, 0) is 28.6 Å². The van der Waals surface area contributed by atoms with Crippen molar-refractivity contribution >= 4 is 17.9 Å². The molecule has 0 saturated carbocycles. The number of esters is 3. The normalized spacial score (nSPS) is 12.8. The third kappa shape index (κ3) is 57.2. The van der Waals surface area contributed by atoms with Crippen LogP contribution in [0.3, 0.4) is 0 Å². The van der Waals surface area contributed by atoms with Gasteiger partial charge in [-0.25, -0.2) is 0 Å². The maximum absolute atomic E-state index is 12.8. The Hall–Kier alpha value is -3.67. The molecule has 0 fully saturated rings. The van der Waals surface area contributed by atoms with Crippen molar-refractivity contribution in [1.82, 2.24) is 0 Å². The van der Waals surface area contributed by atoms with Gasteiger partial charge in [-0.2, -0.15) is 0 Å². The van der Waals surface area contributed by atoms with E-state index in [4.69, 9.17) is 14.2 Å². The van der Waals surface area contributed by atoms with Gasteiger partial charge in [-0.05, 0) is 116 Å². The molecule has 0 aliphatic heterocycles. The number of carbonyl (C=O) groups is 3. The SMILES string of the molecule is CC/C=C\C/C=C\C/C=C\CCCCCC(=O)OCC(COC(=O)CCCCCCCCCCCCCC/C=C\C/C=C\C/C=C\CCCCCCC)OC(=O)CCCCCCC/C=C\C/C=C\CCCC. The van der Waals surface area contributed by atoms with Gasteiger partial charge in [0.05, 0.1) is 0 Å². The van der Waals surface area contributed by atoms with Crippen molar-refractivity contribution in [1.29, 1.82) is 0 Å². The molecule has 0 bridgehead atoms. The predicted molar refractivity (Wildman–Crippen MR) is 311 cm³/mol. The van der Waals surface area contributed by atoms with Gasteiger partial charge in [0.2, 0.25) is 0 Å². The van der Waals surface area contributed by atoms with Crippen LogP contribution < -0.4 is 0 Å². The highest BCUT2D eigenvalue weighted by molar-refractivity contribution is 5.71. The molecule has 0 aromatic rings. The van der Waals surface area contributed by atoms with E-state index in [2.05, 4.69) is 118 Å². The molecule has 0 aliphatic carbocycles. The van der Waals surface area contributed by atoms with Crippen LogP contribution >= 0.6 is 0 Å². The lowest BCUT2D eigenvalue weighted by Crippen LogP contribution is -2.30. The first kappa shape index (κ1) is 68.3. The number of carbonyl (C=O) groups excluding carboxylic acids is 3. The van der Waals surface area contributed by atoms with Gasteiger partial charge in [-0.1, -0.05) is 246 Å². The molecule has 0 aromatic heterocycles. The molecule has 0 heterocycles. The summed E-state index contributed by atoms with van der Waals surface area (Å²) in [6.45, 7) is 6.44. The van der Waals surface area contributed by atoms with Gasteiger partial charge in [0.1, 0.15) is 13.2 Å². The maximum atomic E-state index is 12.8. The summed E-state index contributed by atoms with van der Waals surface area (Å²) >= 11 is 0. The van der Waals surface area contributed by atoms with Gasteiger partial charge in [0, 0.05) is 19.3 Å². The second kappa shape index (κ2) is 59.9. The van der Waals surface area contributed by atoms with Crippen LogP contribution in [0.4, 0.5) is 0 Å². The molecular weight excluding hydrogens is 889 g/mol. The molecule has 0 aliphatic rings. The first-order valence-corrected chi connectivity index (χ1v) is 30.2. The van der Waals surface area contributed by atoms with Gasteiger partial charge >= 0.3 is 17.9 Å². The summed E-state index contributed by atoms with van der Waals surface area (Å²) in [4.78, 5) is 38.1. The van der Waals surface area contributed by atoms with Gasteiger partial charge in [-0.15, -0.1) is 0 Å². The monoisotopic (exact) mass is 1000 g/mol. The minimum Gasteiger partial charge on any atom is -0.462 e. The van der Waals surface area contributed by atoms with E-state index in [1.807, 2.05) is 0 Å². The van der Waals surface area contributed by atoms with E-state index in [0.29, 0.717) is 19.3 Å². The van der Waals surface area contributed by atoms with E-state index in [1.165, 1.54) is 122 Å². The van der Waals surface area contributed by atoms with Crippen molar-refractivity contribution < 1.29 is 28.6 Å². The standard InChI is InChI=1S/C66H112O6/c1-4-7-10-13-16-19-22-25-27-28-29-30-31-32-33-34-35-36-37-38-39-42-44-47-50-53-56-59-65(68)71-62-63(61-70-64(67)58-55-52-49-46-43-40-24-21-18-15-12-9-6-3)72-66(69)60-57-54-51-48-45-41-26-23-20-17-14-11-8-5-2/h9,12,14,17-18,21-23,25-26,28-29,31-32,40,43,63H,4-8,10-11,13,15-16,19-20,24,27,30,33-39,41-42,44-62H2,1-3H3/b12-9-,17-14-,21-18-,25-22-,26-23-,29-28-,32-31-,43-40-. The van der Waals surface area contributed by atoms with E-state index in [0.717, 1.165) is 122 Å². The zero-order valence-electron chi connectivity index (χ0n) is 47.2. The van der Waals surface area contributed by atoms with E-state index in [-0.39, 0.29) is 31.1 Å². The molecule has 6 nitrogen and oxygen atoms in total. The molecule has 0 rings (SSSR count). The van der Waals surface area contributed by atoms with E-state index < -0.39 is 6.10 Å². The first-order valence-electron chi connectivity index (χ1n) is 30.2. The molecule has 1 unspecified atom stereocenters. The van der Waals surface area contributed by atoms with E-state index in [9.17, 15) is 14.4 Å². The second-order valence-electron chi connectivity index (χ2n) is 19.9. The van der Waals surface area contributed by atoms with E-state index >= 15 is 0 Å². The molecular formula is C66H112O6. The lowest BCUT2D eigenvalue weighted by molar-refractivity contribution is -0.167. The molecule has 0 amide bonds. The first-order chi connectivity index (χ1) is 35.5. The lowest BCUT2D eigenvalue weighted by Gasteiger charge is -2.18. The van der Waals surface area contributed by atoms with Crippen LogP contribution in [0.5, 0.6) is 0 Å². The van der Waals surface area contributed by atoms with Crippen molar-refractivity contribution in [2.75, 3.05) is 13.2 Å². The highest BCUT2D eigenvalue weighted by Crippen LogP contribution is 2.15. The Kier molecular flexibility index (Phi) is 56.8. The van der Waals surface area contributed by atoms with Crippen LogP contribution in [0.2, 0.25) is 0 Å². The van der Waals surface area contributed by atoms with E-state index in [1.54, 1.807) is 0 Å². The Morgan fingerprint density at radius 3 is 0.903 bits per heavy atom. The fourth-order valence-electron chi connectivity index (χ4n) is 8.25. The number of hydrogen-bond donors (Lipinski definition) is 0. The number of ether oxygens (including phenoxy) is 3. The fraction of sp³-hybridized carbons (Fsp3) is 0.712. The van der Waals surface area contributed by atoms with Crippen LogP contribution in [0.1, 0.15) is 284 Å². The summed E-state index contributed by atoms with van der Waals surface area (Å²) in [6.07, 6.45) is 79.8. The lowest BCUT2D eigenvalue weighted by atomic mass is 10.0. The summed E-state index contributed by atoms with van der Waals surface area (Å²) in [6, 6.07) is 0. The zero-order chi connectivity index (χ0) is 52.2. The van der Waals surface area contributed by atoms with Crippen LogP contribution in [-0.4, -0.2) is 37.2 Å². The van der Waals surface area contributed by atoms with Crippen LogP contribution in [0.25, 0.3) is 0 Å². The Labute approximate surface area is 445 Å². The number of rotatable bonds is 54. The van der Waals surface area contributed by atoms with Crippen molar-refractivity contribution in [3.8, 4) is 0 Å². The smallest absolute Gasteiger partial charge is 0.306 e. The summed E-state index contributed by atoms with van der Waals surface area (Å²) in [5.74, 6) is -0.937. The third-order valence-electron chi connectivity index (χ3n) is 12.8. The quantitative estimate of drug-likeness (QED) is 0.0261. The third-order valence-corrected chi connectivity index (χ3v) is 12.8. The molecule has 0 aromatic carbocycles. The maximum Gasteiger partial charge on any atom is 0.306 e. The molecule has 0 radical (unpaired) electrons. The highest BCUT2D eigenvalue weighted by Gasteiger charge is 2.19. The molecule has 72 heavy (non-hydrogen) atoms. The van der Waals surface area contributed by atoms with Gasteiger partial charge in [-0.3, -0.25) is 14.4 Å². The molecule has 1 atom stereocenters. The van der Waals surface area contributed by atoms with Gasteiger partial charge in [0.25, 0.3) is 0 Å². The minimum atomic E-state index is -0.798. The average molecular weight is 1000 g/mol. The summed E-state index contributed by atoms with van der Waals surface area (Å²) in [5, 5.41) is 0. The Balaban J connectivity index is 4.28. The van der Waals surface area contributed by atoms with Crippen LogP contribution in [0, 0.1) is 0 Å². The number of allylic oxidation sites excluding steroid dienone is 16. The number of unbranched alkanes of at least 4 members (excludes halogenated alkanes) is 27. The van der Waals surface area contributed by atoms with Gasteiger partial charge in [0.15, 0.2) is 6.10 Å². The largest absolute Gasteiger partial charge is 0.462 e. The molecule has 0 saturated heterocycles. The second-order valence-corrected chi connectivity index (χ2v) is 19.9. The van der Waals surface area contributed by atoms with Crippen LogP contribution in [0.15, 0.2) is 97.2 Å². The average Bonchev–Trinajstić information content (AvgIpc) is 3.38. The molecule has 0 spiro atoms. The Bertz CT molecular complexity index is 1430. The highest BCUT2D eigenvalue weighted by atomic mass is 16.6. The fourth-order valence-corrected chi connectivity index (χ4v) is 8.25. The number of hydrogen-bond acceptors (Lipinski definition) is 6. The van der Waals surface area contributed by atoms with Gasteiger partial charge < -0.3 is 14.2 Å². The molecule has 412 valence electrons. The Morgan fingerprint density at radius 2 is 0.556 bits per heavy atom.